The summed E-state index contributed by atoms with van der Waals surface area (Å²) in [6, 6.07) is 7.50. The Hall–Kier alpha value is -1.51. The average molecular weight is 193 g/mol. The van der Waals surface area contributed by atoms with Crippen LogP contribution in [-0.2, 0) is 0 Å². The molecule has 1 amide bonds. The van der Waals surface area contributed by atoms with Crippen molar-refractivity contribution in [1.29, 1.82) is 0 Å². The van der Waals surface area contributed by atoms with E-state index in [2.05, 4.69) is 0 Å². The van der Waals surface area contributed by atoms with E-state index in [1.807, 2.05) is 38.1 Å². The van der Waals surface area contributed by atoms with E-state index in [0.29, 0.717) is 6.54 Å². The van der Waals surface area contributed by atoms with Gasteiger partial charge < -0.3 is 5.11 Å². The number of amides is 1. The molecule has 0 radical (unpaired) electrons. The van der Waals surface area contributed by atoms with Crippen LogP contribution >= 0.6 is 0 Å². The van der Waals surface area contributed by atoms with Crippen LogP contribution in [0.2, 0.25) is 0 Å². The van der Waals surface area contributed by atoms with Crippen molar-refractivity contribution >= 4 is 11.8 Å². The van der Waals surface area contributed by atoms with Crippen LogP contribution in [-0.4, -0.2) is 17.7 Å². The molecule has 0 atom stereocenters. The third kappa shape index (κ3) is 2.49. The van der Waals surface area contributed by atoms with E-state index >= 15 is 0 Å². The fraction of sp³-hybridized carbons (Fsp3) is 0.364. The van der Waals surface area contributed by atoms with Gasteiger partial charge in [0.05, 0.1) is 0 Å². The number of hydrogen-bond donors (Lipinski definition) is 1. The summed E-state index contributed by atoms with van der Waals surface area (Å²) < 4.78 is 0. The molecule has 0 bridgehead atoms. The Balaban J connectivity index is 2.87. The van der Waals surface area contributed by atoms with Gasteiger partial charge in [-0.25, -0.2) is 4.79 Å². The first-order chi connectivity index (χ1) is 6.65. The predicted octanol–water partition coefficient (Wildman–Crippen LogP) is 2.89. The van der Waals surface area contributed by atoms with E-state index in [0.717, 1.165) is 17.7 Å². The summed E-state index contributed by atoms with van der Waals surface area (Å²) >= 11 is 0. The Morgan fingerprint density at radius 3 is 2.36 bits per heavy atom. The Bertz CT molecular complexity index is 306. The number of carbonyl (C=O) groups is 1. The molecule has 3 nitrogen and oxygen atoms in total. The van der Waals surface area contributed by atoms with Gasteiger partial charge >= 0.3 is 6.09 Å². The molecule has 14 heavy (non-hydrogen) atoms. The Labute approximate surface area is 84.0 Å². The molecular weight excluding hydrogens is 178 g/mol. The Morgan fingerprint density at radius 1 is 1.36 bits per heavy atom. The van der Waals surface area contributed by atoms with Gasteiger partial charge in [-0.2, -0.15) is 0 Å². The maximum Gasteiger partial charge on any atom is 0.411 e. The highest BCUT2D eigenvalue weighted by atomic mass is 16.4. The molecule has 3 heteroatoms. The van der Waals surface area contributed by atoms with Crippen LogP contribution in [0.3, 0.4) is 0 Å². The van der Waals surface area contributed by atoms with E-state index < -0.39 is 6.09 Å². The van der Waals surface area contributed by atoms with E-state index in [4.69, 9.17) is 5.11 Å². The molecule has 1 aromatic rings. The molecule has 0 aliphatic heterocycles. The third-order valence-corrected chi connectivity index (χ3v) is 2.02. The molecular formula is C11H15NO2. The average Bonchev–Trinajstić information content (AvgIpc) is 2.15. The molecule has 0 spiro atoms. The fourth-order valence-electron chi connectivity index (χ4n) is 1.28. The van der Waals surface area contributed by atoms with Crippen LogP contribution in [0.15, 0.2) is 24.3 Å². The van der Waals surface area contributed by atoms with Crippen LogP contribution in [0.4, 0.5) is 10.5 Å². The number of carboxylic acid groups (broad SMARTS) is 1. The maximum absolute atomic E-state index is 10.9. The topological polar surface area (TPSA) is 40.5 Å². The number of hydrogen-bond acceptors (Lipinski definition) is 1. The number of nitrogens with zero attached hydrogens (tertiary/aromatic N) is 1. The summed E-state index contributed by atoms with van der Waals surface area (Å²) in [5.74, 6) is 0. The predicted molar refractivity (Wildman–Crippen MR) is 56.8 cm³/mol. The van der Waals surface area contributed by atoms with Crippen molar-refractivity contribution in [2.75, 3.05) is 11.4 Å². The van der Waals surface area contributed by atoms with Gasteiger partial charge in [0.2, 0.25) is 0 Å². The standard InChI is InChI=1S/C11H15NO2/c1-3-8-12(11(13)14)10-6-4-9(2)5-7-10/h4-7H,3,8H2,1-2H3,(H,13,14). The maximum atomic E-state index is 10.9. The summed E-state index contributed by atoms with van der Waals surface area (Å²) in [5, 5.41) is 8.95. The molecule has 0 aromatic heterocycles. The molecule has 76 valence electrons. The lowest BCUT2D eigenvalue weighted by molar-refractivity contribution is 0.202. The summed E-state index contributed by atoms with van der Waals surface area (Å²) in [7, 11) is 0. The highest BCUT2D eigenvalue weighted by molar-refractivity contribution is 5.85. The van der Waals surface area contributed by atoms with Crippen molar-refractivity contribution < 1.29 is 9.90 Å². The van der Waals surface area contributed by atoms with Gasteiger partial charge in [0.15, 0.2) is 0 Å². The number of anilines is 1. The van der Waals surface area contributed by atoms with Gasteiger partial charge in [0.25, 0.3) is 0 Å². The molecule has 0 aliphatic carbocycles. The van der Waals surface area contributed by atoms with Crippen LogP contribution in [0.5, 0.6) is 0 Å². The molecule has 0 saturated heterocycles. The number of aryl methyl sites for hydroxylation is 1. The summed E-state index contributed by atoms with van der Waals surface area (Å²) in [6.07, 6.45) is -0.0732. The normalized spacial score (nSPS) is 9.86. The van der Waals surface area contributed by atoms with E-state index in [1.165, 1.54) is 4.90 Å². The van der Waals surface area contributed by atoms with Crippen LogP contribution in [0.1, 0.15) is 18.9 Å². The lowest BCUT2D eigenvalue weighted by atomic mass is 10.2. The zero-order chi connectivity index (χ0) is 10.6. The molecule has 1 aromatic carbocycles. The zero-order valence-corrected chi connectivity index (χ0v) is 8.53. The minimum atomic E-state index is -0.893. The fourth-order valence-corrected chi connectivity index (χ4v) is 1.28. The molecule has 0 fully saturated rings. The second-order valence-electron chi connectivity index (χ2n) is 3.27. The minimum Gasteiger partial charge on any atom is -0.465 e. The van der Waals surface area contributed by atoms with Gasteiger partial charge in [0.1, 0.15) is 0 Å². The number of rotatable bonds is 3. The van der Waals surface area contributed by atoms with Gasteiger partial charge in [-0.15, -0.1) is 0 Å². The van der Waals surface area contributed by atoms with Crippen molar-refractivity contribution in [2.24, 2.45) is 0 Å². The van der Waals surface area contributed by atoms with Crippen molar-refractivity contribution in [3.63, 3.8) is 0 Å². The molecule has 0 heterocycles. The first kappa shape index (κ1) is 10.6. The lowest BCUT2D eigenvalue weighted by Gasteiger charge is -2.18. The minimum absolute atomic E-state index is 0.540. The molecule has 1 rings (SSSR count). The summed E-state index contributed by atoms with van der Waals surface area (Å²) in [6.45, 7) is 4.48. The number of benzene rings is 1. The van der Waals surface area contributed by atoms with Crippen molar-refractivity contribution in [1.82, 2.24) is 0 Å². The highest BCUT2D eigenvalue weighted by Gasteiger charge is 2.11. The Kier molecular flexibility index (Phi) is 3.51. The molecule has 0 saturated carbocycles. The first-order valence-corrected chi connectivity index (χ1v) is 4.72. The van der Waals surface area contributed by atoms with Gasteiger partial charge in [-0.1, -0.05) is 24.6 Å². The first-order valence-electron chi connectivity index (χ1n) is 4.72. The lowest BCUT2D eigenvalue weighted by Crippen LogP contribution is -2.29. The van der Waals surface area contributed by atoms with Crippen molar-refractivity contribution in [3.05, 3.63) is 29.8 Å². The van der Waals surface area contributed by atoms with Crippen LogP contribution < -0.4 is 4.90 Å². The monoisotopic (exact) mass is 193 g/mol. The summed E-state index contributed by atoms with van der Waals surface area (Å²) in [4.78, 5) is 12.3. The van der Waals surface area contributed by atoms with Crippen LogP contribution in [0.25, 0.3) is 0 Å². The van der Waals surface area contributed by atoms with E-state index in [1.54, 1.807) is 0 Å². The molecule has 0 unspecified atom stereocenters. The van der Waals surface area contributed by atoms with Crippen LogP contribution in [0, 0.1) is 6.92 Å². The van der Waals surface area contributed by atoms with Crippen molar-refractivity contribution in [3.8, 4) is 0 Å². The Morgan fingerprint density at radius 2 is 1.93 bits per heavy atom. The second-order valence-corrected chi connectivity index (χ2v) is 3.27. The highest BCUT2D eigenvalue weighted by Crippen LogP contribution is 2.15. The van der Waals surface area contributed by atoms with E-state index in [9.17, 15) is 4.79 Å². The largest absolute Gasteiger partial charge is 0.465 e. The summed E-state index contributed by atoms with van der Waals surface area (Å²) in [5.41, 5.74) is 1.88. The second kappa shape index (κ2) is 4.65. The van der Waals surface area contributed by atoms with Gasteiger partial charge in [0, 0.05) is 12.2 Å². The SMILES string of the molecule is CCCN(C(=O)O)c1ccc(C)cc1. The quantitative estimate of drug-likeness (QED) is 0.801. The third-order valence-electron chi connectivity index (χ3n) is 2.02. The smallest absolute Gasteiger partial charge is 0.411 e. The molecule has 1 N–H and O–H groups in total. The van der Waals surface area contributed by atoms with Crippen molar-refractivity contribution in [2.45, 2.75) is 20.3 Å². The molecule has 0 aliphatic rings. The van der Waals surface area contributed by atoms with Gasteiger partial charge in [-0.05, 0) is 25.5 Å². The van der Waals surface area contributed by atoms with E-state index in [-0.39, 0.29) is 0 Å². The zero-order valence-electron chi connectivity index (χ0n) is 8.53. The van der Waals surface area contributed by atoms with Gasteiger partial charge in [-0.3, -0.25) is 4.90 Å².